The monoisotopic (exact) mass is 315 g/mol. The van der Waals surface area contributed by atoms with E-state index in [-0.39, 0.29) is 23.3 Å². The quantitative estimate of drug-likeness (QED) is 0.724. The molecule has 0 aliphatic heterocycles. The molecule has 1 aliphatic carbocycles. The summed E-state index contributed by atoms with van der Waals surface area (Å²) in [5.74, 6) is 0.712. The van der Waals surface area contributed by atoms with E-state index in [1.54, 1.807) is 6.92 Å². The molecule has 1 saturated carbocycles. The van der Waals surface area contributed by atoms with Crippen LogP contribution in [0.2, 0.25) is 0 Å². The summed E-state index contributed by atoms with van der Waals surface area (Å²) < 4.78 is 5.80. The van der Waals surface area contributed by atoms with Crippen LogP contribution in [-0.4, -0.2) is 29.3 Å². The van der Waals surface area contributed by atoms with Crippen LogP contribution in [0.5, 0.6) is 5.75 Å². The van der Waals surface area contributed by atoms with Gasteiger partial charge in [-0.25, -0.2) is 0 Å². The lowest BCUT2D eigenvalue weighted by Gasteiger charge is -2.17. The molecule has 2 aromatic rings. The third-order valence-corrected chi connectivity index (χ3v) is 4.33. The second-order valence-corrected chi connectivity index (χ2v) is 6.24. The molecule has 1 aromatic carbocycles. The Morgan fingerprint density at radius 3 is 2.61 bits per heavy atom. The van der Waals surface area contributed by atoms with Crippen LogP contribution in [0.3, 0.4) is 0 Å². The summed E-state index contributed by atoms with van der Waals surface area (Å²) >= 11 is 0. The largest absolute Gasteiger partial charge is 0.493 e. The number of para-hydroxylation sites is 1. The number of carbonyl (C=O) groups is 1. The summed E-state index contributed by atoms with van der Waals surface area (Å²) in [5, 5.41) is 8.14. The molecule has 3 rings (SSSR count). The zero-order valence-electron chi connectivity index (χ0n) is 13.1. The van der Waals surface area contributed by atoms with Crippen LogP contribution in [0.1, 0.15) is 24.1 Å². The highest BCUT2D eigenvalue weighted by Gasteiger charge is 2.43. The maximum atomic E-state index is 12.0. The number of nitrogens with one attached hydrogen (secondary N) is 3. The van der Waals surface area contributed by atoms with E-state index in [1.165, 1.54) is 0 Å². The van der Waals surface area contributed by atoms with Gasteiger partial charge in [0.05, 0.1) is 13.0 Å². The van der Waals surface area contributed by atoms with Gasteiger partial charge in [0.1, 0.15) is 5.75 Å². The van der Waals surface area contributed by atoms with Crippen LogP contribution in [-0.2, 0) is 11.2 Å². The SMILES string of the molecule is Cc1[nH][nH]c(=O)c1CC(=O)NCC1(COc2ccccc2)CC1. The van der Waals surface area contributed by atoms with Gasteiger partial charge in [0.25, 0.3) is 5.56 Å². The molecular formula is C17H21N3O3. The standard InChI is InChI=1S/C17H21N3O3/c1-12-14(16(22)20-19-12)9-15(21)18-10-17(7-8-17)11-23-13-5-3-2-4-6-13/h2-6H,7-11H2,1H3,(H,18,21)(H2,19,20,22). The predicted molar refractivity (Wildman–Crippen MR) is 86.5 cm³/mol. The number of ether oxygens (including phenoxy) is 1. The van der Waals surface area contributed by atoms with Gasteiger partial charge < -0.3 is 15.2 Å². The summed E-state index contributed by atoms with van der Waals surface area (Å²) in [5.41, 5.74) is 1.00. The molecule has 0 saturated heterocycles. The summed E-state index contributed by atoms with van der Waals surface area (Å²) in [7, 11) is 0. The van der Waals surface area contributed by atoms with E-state index in [4.69, 9.17) is 4.74 Å². The number of carbonyl (C=O) groups excluding carboxylic acids is 1. The number of aryl methyl sites for hydroxylation is 1. The first-order valence-corrected chi connectivity index (χ1v) is 7.79. The topological polar surface area (TPSA) is 87.0 Å². The number of H-pyrrole nitrogens is 2. The molecule has 122 valence electrons. The summed E-state index contributed by atoms with van der Waals surface area (Å²) in [4.78, 5) is 23.6. The van der Waals surface area contributed by atoms with E-state index in [2.05, 4.69) is 15.5 Å². The van der Waals surface area contributed by atoms with Crippen molar-refractivity contribution in [3.8, 4) is 5.75 Å². The number of hydrogen-bond donors (Lipinski definition) is 3. The van der Waals surface area contributed by atoms with Crippen molar-refractivity contribution in [1.82, 2.24) is 15.5 Å². The van der Waals surface area contributed by atoms with E-state index in [0.29, 0.717) is 24.4 Å². The Morgan fingerprint density at radius 1 is 1.26 bits per heavy atom. The van der Waals surface area contributed by atoms with Crippen molar-refractivity contribution < 1.29 is 9.53 Å². The Balaban J connectivity index is 1.48. The molecule has 1 amide bonds. The first-order chi connectivity index (χ1) is 11.1. The van der Waals surface area contributed by atoms with E-state index >= 15 is 0 Å². The zero-order valence-corrected chi connectivity index (χ0v) is 13.1. The van der Waals surface area contributed by atoms with Crippen molar-refractivity contribution in [2.75, 3.05) is 13.2 Å². The number of amides is 1. The Hall–Kier alpha value is -2.50. The molecule has 0 bridgehead atoms. The second kappa shape index (κ2) is 6.32. The molecule has 0 unspecified atom stereocenters. The number of aromatic nitrogens is 2. The van der Waals surface area contributed by atoms with E-state index < -0.39 is 0 Å². The Bertz CT molecular complexity index is 729. The van der Waals surface area contributed by atoms with Crippen molar-refractivity contribution >= 4 is 5.91 Å². The number of benzene rings is 1. The lowest BCUT2D eigenvalue weighted by molar-refractivity contribution is -0.120. The molecule has 1 aliphatic rings. The van der Waals surface area contributed by atoms with E-state index in [9.17, 15) is 9.59 Å². The molecular weight excluding hydrogens is 294 g/mol. The maximum Gasteiger partial charge on any atom is 0.267 e. The van der Waals surface area contributed by atoms with Crippen LogP contribution in [0, 0.1) is 12.3 Å². The van der Waals surface area contributed by atoms with Crippen molar-refractivity contribution in [3.05, 3.63) is 51.9 Å². The van der Waals surface area contributed by atoms with Gasteiger partial charge in [0.2, 0.25) is 5.91 Å². The minimum absolute atomic E-state index is 0.0328. The average Bonchev–Trinajstić information content (AvgIpc) is 3.28. The lowest BCUT2D eigenvalue weighted by Crippen LogP contribution is -2.34. The minimum Gasteiger partial charge on any atom is -0.493 e. The van der Waals surface area contributed by atoms with Crippen molar-refractivity contribution in [1.29, 1.82) is 0 Å². The maximum absolute atomic E-state index is 12.0. The molecule has 1 heterocycles. The Labute approximate surface area is 134 Å². The Morgan fingerprint density at radius 2 is 2.00 bits per heavy atom. The zero-order chi connectivity index (χ0) is 16.3. The number of hydrogen-bond acceptors (Lipinski definition) is 3. The second-order valence-electron chi connectivity index (χ2n) is 6.24. The molecule has 0 atom stereocenters. The normalized spacial score (nSPS) is 15.2. The Kier molecular flexibility index (Phi) is 4.23. The van der Waals surface area contributed by atoms with Crippen LogP contribution >= 0.6 is 0 Å². The highest BCUT2D eigenvalue weighted by molar-refractivity contribution is 5.78. The van der Waals surface area contributed by atoms with Gasteiger partial charge >= 0.3 is 0 Å². The first kappa shape index (κ1) is 15.4. The molecule has 3 N–H and O–H groups in total. The highest BCUT2D eigenvalue weighted by atomic mass is 16.5. The van der Waals surface area contributed by atoms with Crippen LogP contribution < -0.4 is 15.6 Å². The third-order valence-electron chi connectivity index (χ3n) is 4.33. The minimum atomic E-state index is -0.230. The molecule has 6 nitrogen and oxygen atoms in total. The van der Waals surface area contributed by atoms with Crippen molar-refractivity contribution in [2.24, 2.45) is 5.41 Å². The van der Waals surface area contributed by atoms with E-state index in [1.807, 2.05) is 30.3 Å². The summed E-state index contributed by atoms with van der Waals surface area (Å²) in [6.45, 7) is 2.96. The van der Waals surface area contributed by atoms with Gasteiger partial charge in [0.15, 0.2) is 0 Å². The molecule has 0 radical (unpaired) electrons. The van der Waals surface area contributed by atoms with Crippen LogP contribution in [0.25, 0.3) is 0 Å². The predicted octanol–water partition coefficient (Wildman–Crippen LogP) is 1.53. The van der Waals surface area contributed by atoms with Crippen LogP contribution in [0.4, 0.5) is 0 Å². The van der Waals surface area contributed by atoms with Gasteiger partial charge in [-0.05, 0) is 31.9 Å². The number of aromatic amines is 2. The van der Waals surface area contributed by atoms with Gasteiger partial charge in [-0.3, -0.25) is 14.7 Å². The molecule has 0 spiro atoms. The summed E-state index contributed by atoms with van der Waals surface area (Å²) in [6, 6.07) is 9.68. The number of rotatable bonds is 7. The van der Waals surface area contributed by atoms with Crippen molar-refractivity contribution in [3.63, 3.8) is 0 Å². The van der Waals surface area contributed by atoms with Gasteiger partial charge in [-0.15, -0.1) is 0 Å². The van der Waals surface area contributed by atoms with Gasteiger partial charge in [0, 0.05) is 23.2 Å². The highest BCUT2D eigenvalue weighted by Crippen LogP contribution is 2.45. The molecule has 23 heavy (non-hydrogen) atoms. The average molecular weight is 315 g/mol. The van der Waals surface area contributed by atoms with Crippen LogP contribution in [0.15, 0.2) is 35.1 Å². The fourth-order valence-electron chi connectivity index (χ4n) is 2.50. The first-order valence-electron chi connectivity index (χ1n) is 7.79. The molecule has 1 fully saturated rings. The smallest absolute Gasteiger partial charge is 0.267 e. The fraction of sp³-hybridized carbons (Fsp3) is 0.412. The van der Waals surface area contributed by atoms with E-state index in [0.717, 1.165) is 18.6 Å². The third kappa shape index (κ3) is 3.83. The van der Waals surface area contributed by atoms with Gasteiger partial charge in [-0.2, -0.15) is 0 Å². The summed E-state index contributed by atoms with van der Waals surface area (Å²) in [6.07, 6.45) is 2.19. The van der Waals surface area contributed by atoms with Gasteiger partial charge in [-0.1, -0.05) is 18.2 Å². The molecule has 1 aromatic heterocycles. The molecule has 6 heteroatoms. The van der Waals surface area contributed by atoms with Crippen molar-refractivity contribution in [2.45, 2.75) is 26.2 Å². The lowest BCUT2D eigenvalue weighted by atomic mass is 10.1. The fourth-order valence-corrected chi connectivity index (χ4v) is 2.50.